The Morgan fingerprint density at radius 1 is 0.968 bits per heavy atom. The number of anilines is 1. The van der Waals surface area contributed by atoms with Gasteiger partial charge in [0.2, 0.25) is 0 Å². The summed E-state index contributed by atoms with van der Waals surface area (Å²) in [7, 11) is 0. The summed E-state index contributed by atoms with van der Waals surface area (Å²) in [5.74, 6) is -0.0366. The van der Waals surface area contributed by atoms with Crippen molar-refractivity contribution in [1.82, 2.24) is 5.32 Å². The molecule has 160 valence electrons. The molecule has 1 heterocycles. The van der Waals surface area contributed by atoms with Crippen molar-refractivity contribution >= 4 is 11.6 Å². The first kappa shape index (κ1) is 21.2. The van der Waals surface area contributed by atoms with Crippen LogP contribution in [0.4, 0.5) is 5.69 Å². The highest BCUT2D eigenvalue weighted by Crippen LogP contribution is 2.29. The molecule has 4 rings (SSSR count). The minimum atomic E-state index is -0.0395. The summed E-state index contributed by atoms with van der Waals surface area (Å²) < 4.78 is 0. The Kier molecular flexibility index (Phi) is 5.86. The number of hydrogen-bond acceptors (Lipinski definition) is 2. The maximum atomic E-state index is 12.8. The number of carbonyl (C=O) groups is 1. The molecule has 0 bridgehead atoms. The van der Waals surface area contributed by atoms with Crippen molar-refractivity contribution in [2.75, 3.05) is 11.4 Å². The fraction of sp³-hybridized carbons (Fsp3) is 0.321. The van der Waals surface area contributed by atoms with Crippen molar-refractivity contribution in [3.63, 3.8) is 0 Å². The number of nitrogens with one attached hydrogen (secondary N) is 1. The summed E-state index contributed by atoms with van der Waals surface area (Å²) in [5.41, 5.74) is 7.21. The van der Waals surface area contributed by atoms with Crippen LogP contribution in [0.1, 0.15) is 66.3 Å². The summed E-state index contributed by atoms with van der Waals surface area (Å²) >= 11 is 0. The van der Waals surface area contributed by atoms with Crippen molar-refractivity contribution in [3.05, 3.63) is 101 Å². The Morgan fingerprint density at radius 2 is 1.65 bits per heavy atom. The molecule has 1 aliphatic rings. The molecule has 0 aliphatic carbocycles. The molecule has 1 aliphatic heterocycles. The maximum Gasteiger partial charge on any atom is 0.251 e. The Morgan fingerprint density at radius 3 is 2.32 bits per heavy atom. The van der Waals surface area contributed by atoms with Gasteiger partial charge < -0.3 is 10.2 Å². The minimum absolute atomic E-state index is 0.0366. The molecule has 3 heteroatoms. The zero-order valence-corrected chi connectivity index (χ0v) is 19.0. The van der Waals surface area contributed by atoms with Crippen molar-refractivity contribution in [2.45, 2.75) is 52.1 Å². The second kappa shape index (κ2) is 8.58. The molecule has 0 aromatic heterocycles. The first-order chi connectivity index (χ1) is 14.8. The van der Waals surface area contributed by atoms with E-state index in [0.717, 1.165) is 25.1 Å². The van der Waals surface area contributed by atoms with Gasteiger partial charge in [0.15, 0.2) is 0 Å². The third-order valence-electron chi connectivity index (χ3n) is 6.20. The van der Waals surface area contributed by atoms with Crippen LogP contribution in [-0.4, -0.2) is 12.5 Å². The third kappa shape index (κ3) is 4.82. The van der Waals surface area contributed by atoms with Gasteiger partial charge in [0.05, 0.1) is 6.04 Å². The Hall–Kier alpha value is -3.07. The van der Waals surface area contributed by atoms with Gasteiger partial charge in [0.25, 0.3) is 5.91 Å². The number of para-hydroxylation sites is 1. The van der Waals surface area contributed by atoms with Gasteiger partial charge in [0, 0.05) is 24.3 Å². The number of benzene rings is 3. The predicted octanol–water partition coefficient (Wildman–Crippen LogP) is 6.04. The number of hydrogen-bond donors (Lipinski definition) is 1. The normalized spacial score (nSPS) is 14.3. The highest BCUT2D eigenvalue weighted by Gasteiger charge is 2.19. The third-order valence-corrected chi connectivity index (χ3v) is 6.20. The van der Waals surface area contributed by atoms with Crippen LogP contribution >= 0.6 is 0 Å². The molecule has 0 radical (unpaired) electrons. The molecule has 1 unspecified atom stereocenters. The fourth-order valence-electron chi connectivity index (χ4n) is 4.19. The molecule has 3 aromatic carbocycles. The van der Waals surface area contributed by atoms with Crippen molar-refractivity contribution in [1.29, 1.82) is 0 Å². The van der Waals surface area contributed by atoms with Gasteiger partial charge in [0.1, 0.15) is 0 Å². The number of nitrogens with zero attached hydrogens (tertiary/aromatic N) is 1. The van der Waals surface area contributed by atoms with Gasteiger partial charge in [-0.05, 0) is 59.2 Å². The smallest absolute Gasteiger partial charge is 0.251 e. The lowest BCUT2D eigenvalue weighted by Crippen LogP contribution is -2.26. The number of carbonyl (C=O) groups excluding carboxylic acids is 1. The van der Waals surface area contributed by atoms with E-state index in [0.29, 0.717) is 5.56 Å². The van der Waals surface area contributed by atoms with Crippen molar-refractivity contribution in [2.24, 2.45) is 0 Å². The fourth-order valence-corrected chi connectivity index (χ4v) is 4.19. The Labute approximate surface area is 186 Å². The summed E-state index contributed by atoms with van der Waals surface area (Å²) in [5, 5.41) is 3.13. The molecule has 1 amide bonds. The molecule has 1 atom stereocenters. The van der Waals surface area contributed by atoms with Crippen LogP contribution < -0.4 is 10.2 Å². The lowest BCUT2D eigenvalue weighted by atomic mass is 9.86. The van der Waals surface area contributed by atoms with Gasteiger partial charge in [-0.25, -0.2) is 0 Å². The molecule has 0 saturated carbocycles. The van der Waals surface area contributed by atoms with E-state index in [-0.39, 0.29) is 17.4 Å². The second-order valence-corrected chi connectivity index (χ2v) is 9.56. The summed E-state index contributed by atoms with van der Waals surface area (Å²) in [6.45, 7) is 10.6. The van der Waals surface area contributed by atoms with Crippen LogP contribution in [0.3, 0.4) is 0 Å². The van der Waals surface area contributed by atoms with Crippen LogP contribution in [0.15, 0.2) is 72.8 Å². The molecular weight excluding hydrogens is 380 g/mol. The molecule has 3 nitrogen and oxygen atoms in total. The molecule has 0 fully saturated rings. The number of amides is 1. The topological polar surface area (TPSA) is 32.3 Å². The summed E-state index contributed by atoms with van der Waals surface area (Å²) in [6.07, 6.45) is 1.10. The monoisotopic (exact) mass is 412 g/mol. The van der Waals surface area contributed by atoms with Gasteiger partial charge >= 0.3 is 0 Å². The van der Waals surface area contributed by atoms with E-state index in [2.05, 4.69) is 91.7 Å². The average molecular weight is 413 g/mol. The number of rotatable bonds is 5. The first-order valence-electron chi connectivity index (χ1n) is 11.1. The highest BCUT2D eigenvalue weighted by molar-refractivity contribution is 5.94. The lowest BCUT2D eigenvalue weighted by Gasteiger charge is -2.21. The standard InChI is InChI=1S/C28H32N2O/c1-20(22-13-15-25(16-14-22)28(2,3)4)29-27(31)24-11-9-21(10-12-24)19-30-18-17-23-7-5-6-8-26(23)30/h5-16,20H,17-19H2,1-4H3,(H,29,31). The predicted molar refractivity (Wildman–Crippen MR) is 129 cm³/mol. The van der Waals surface area contributed by atoms with E-state index in [9.17, 15) is 4.79 Å². The largest absolute Gasteiger partial charge is 0.367 e. The molecular formula is C28H32N2O. The maximum absolute atomic E-state index is 12.8. The van der Waals surface area contributed by atoms with E-state index in [4.69, 9.17) is 0 Å². The minimum Gasteiger partial charge on any atom is -0.367 e. The average Bonchev–Trinajstić information content (AvgIpc) is 3.16. The van der Waals surface area contributed by atoms with E-state index >= 15 is 0 Å². The molecule has 0 saturated heterocycles. The highest BCUT2D eigenvalue weighted by atomic mass is 16.1. The molecule has 0 spiro atoms. The van der Waals surface area contributed by atoms with Crippen LogP contribution in [0.2, 0.25) is 0 Å². The Balaban J connectivity index is 1.37. The van der Waals surface area contributed by atoms with Gasteiger partial charge in [-0.3, -0.25) is 4.79 Å². The van der Waals surface area contributed by atoms with Crippen LogP contribution in [-0.2, 0) is 18.4 Å². The first-order valence-corrected chi connectivity index (χ1v) is 11.1. The van der Waals surface area contributed by atoms with Crippen LogP contribution in [0.25, 0.3) is 0 Å². The Bertz CT molecular complexity index is 1050. The SMILES string of the molecule is CC(NC(=O)c1ccc(CN2CCc3ccccc32)cc1)c1ccc(C(C)(C)C)cc1. The van der Waals surface area contributed by atoms with Gasteiger partial charge in [-0.15, -0.1) is 0 Å². The molecule has 3 aromatic rings. The zero-order valence-electron chi connectivity index (χ0n) is 19.0. The van der Waals surface area contributed by atoms with Crippen molar-refractivity contribution < 1.29 is 4.79 Å². The van der Waals surface area contributed by atoms with E-state index in [1.54, 1.807) is 0 Å². The van der Waals surface area contributed by atoms with Gasteiger partial charge in [-0.1, -0.05) is 75.4 Å². The van der Waals surface area contributed by atoms with Gasteiger partial charge in [-0.2, -0.15) is 0 Å². The lowest BCUT2D eigenvalue weighted by molar-refractivity contribution is 0.0940. The van der Waals surface area contributed by atoms with Crippen LogP contribution in [0, 0.1) is 0 Å². The molecule has 31 heavy (non-hydrogen) atoms. The molecule has 1 N–H and O–H groups in total. The summed E-state index contributed by atoms with van der Waals surface area (Å²) in [4.78, 5) is 15.2. The van der Waals surface area contributed by atoms with Crippen molar-refractivity contribution in [3.8, 4) is 0 Å². The van der Waals surface area contributed by atoms with Crippen LogP contribution in [0.5, 0.6) is 0 Å². The summed E-state index contributed by atoms with van der Waals surface area (Å²) in [6, 6.07) is 25.1. The number of fused-ring (bicyclic) bond motifs is 1. The zero-order chi connectivity index (χ0) is 22.0. The van der Waals surface area contributed by atoms with E-state index < -0.39 is 0 Å². The second-order valence-electron chi connectivity index (χ2n) is 9.56. The van der Waals surface area contributed by atoms with E-state index in [1.165, 1.54) is 22.4 Å². The quantitative estimate of drug-likeness (QED) is 0.554. The van der Waals surface area contributed by atoms with E-state index in [1.807, 2.05) is 19.1 Å².